The Morgan fingerprint density at radius 1 is 0.710 bits per heavy atom. The number of aryl methyl sites for hydroxylation is 1. The summed E-state index contributed by atoms with van der Waals surface area (Å²) in [7, 11) is -1.69. The molecule has 4 nitrogen and oxygen atoms in total. The van der Waals surface area contributed by atoms with Crippen LogP contribution in [0.15, 0.2) is 157 Å². The summed E-state index contributed by atoms with van der Waals surface area (Å²) in [5, 5.41) is 3.73. The molecular weight excluding hydrogens is 771 g/mol. The lowest BCUT2D eigenvalue weighted by atomic mass is 9.78. The van der Waals surface area contributed by atoms with Crippen LogP contribution in [-0.2, 0) is 6.42 Å². The fourth-order valence-corrected chi connectivity index (χ4v) is 11.9. The predicted octanol–water partition coefficient (Wildman–Crippen LogP) is 13.7. The molecule has 0 N–H and O–H groups in total. The van der Waals surface area contributed by atoms with Gasteiger partial charge in [-0.15, -0.1) is 0 Å². The van der Waals surface area contributed by atoms with Gasteiger partial charge in [0.25, 0.3) is 0 Å². The number of hydrogen-bond acceptors (Lipinski definition) is 1. The van der Waals surface area contributed by atoms with E-state index in [-0.39, 0.29) is 23.8 Å². The third-order valence-corrected chi connectivity index (χ3v) is 15.9. The van der Waals surface area contributed by atoms with E-state index in [0.29, 0.717) is 0 Å². The fourth-order valence-electron chi connectivity index (χ4n) is 10.8. The zero-order chi connectivity index (χ0) is 42.6. The highest BCUT2D eigenvalue weighted by Crippen LogP contribution is 2.49. The van der Waals surface area contributed by atoms with Gasteiger partial charge in [0.05, 0.1) is 14.0 Å². The lowest BCUT2D eigenvalue weighted by molar-refractivity contribution is -0.704. The van der Waals surface area contributed by atoms with Crippen molar-refractivity contribution in [3.8, 4) is 39.5 Å². The first-order valence-corrected chi connectivity index (χ1v) is 26.1. The van der Waals surface area contributed by atoms with Crippen LogP contribution in [0.2, 0.25) is 19.6 Å². The molecule has 2 aliphatic rings. The predicted molar refractivity (Wildman–Crippen MR) is 260 cm³/mol. The van der Waals surface area contributed by atoms with Crippen molar-refractivity contribution in [2.45, 2.75) is 84.0 Å². The van der Waals surface area contributed by atoms with Crippen molar-refractivity contribution in [3.05, 3.63) is 175 Å². The molecule has 5 heterocycles. The van der Waals surface area contributed by atoms with Crippen LogP contribution in [0, 0.1) is 0 Å². The van der Waals surface area contributed by atoms with Crippen LogP contribution in [0.1, 0.15) is 80.2 Å². The molecular formula is C57H55N3OSi+2. The van der Waals surface area contributed by atoms with E-state index in [1.165, 1.54) is 55.5 Å². The molecule has 3 aromatic heterocycles. The standard InChI is InChI=1S/C57H55N3OSi/c1-35(2)47-32-40(38-18-10-9-11-19-38)33-48(36(3)4)55(47)60-51-24-16-15-23-50(51)59-37(5)54-45(42-20-12-13-21-43(42)49-31-28-41(34-58(49)54)62(6,7)8)29-26-39-27-30-46-44-22-14-17-25-52(44)61-56(46)53(39)57(59)60/h9-25,27-28,30-36,45,54H,5,26,29H2,1-4,6-8H3/q+2. The molecule has 2 unspecified atom stereocenters. The van der Waals surface area contributed by atoms with E-state index >= 15 is 0 Å². The molecule has 6 aromatic carbocycles. The van der Waals surface area contributed by atoms with Crippen molar-refractivity contribution < 1.29 is 13.6 Å². The van der Waals surface area contributed by atoms with Crippen LogP contribution in [0.4, 0.5) is 0 Å². The van der Waals surface area contributed by atoms with E-state index in [9.17, 15) is 0 Å². The molecule has 0 spiro atoms. The van der Waals surface area contributed by atoms with Gasteiger partial charge < -0.3 is 4.42 Å². The third-order valence-electron chi connectivity index (χ3n) is 13.9. The van der Waals surface area contributed by atoms with Crippen molar-refractivity contribution in [1.29, 1.82) is 0 Å². The Morgan fingerprint density at radius 3 is 2.16 bits per heavy atom. The first-order chi connectivity index (χ1) is 30.0. The maximum Gasteiger partial charge on any atom is 0.304 e. The first kappa shape index (κ1) is 38.6. The third kappa shape index (κ3) is 5.85. The number of pyridine rings is 1. The van der Waals surface area contributed by atoms with Gasteiger partial charge in [-0.1, -0.05) is 144 Å². The fraction of sp³-hybridized carbons (Fsp3) is 0.228. The number of rotatable bonds is 5. The maximum absolute atomic E-state index is 7.13. The second-order valence-corrected chi connectivity index (χ2v) is 24.4. The number of nitrogens with zero attached hydrogens (tertiary/aromatic N) is 3. The van der Waals surface area contributed by atoms with E-state index in [0.717, 1.165) is 62.9 Å². The largest absolute Gasteiger partial charge is 0.455 e. The number of fused-ring (bicyclic) bond motifs is 15. The van der Waals surface area contributed by atoms with Gasteiger partial charge in [-0.25, -0.2) is 0 Å². The topological polar surface area (TPSA) is 25.8 Å². The summed E-state index contributed by atoms with van der Waals surface area (Å²) >= 11 is 0. The number of para-hydroxylation sites is 3. The van der Waals surface area contributed by atoms with Gasteiger partial charge in [0.1, 0.15) is 16.8 Å². The highest BCUT2D eigenvalue weighted by atomic mass is 28.3. The monoisotopic (exact) mass is 825 g/mol. The van der Waals surface area contributed by atoms with Crippen LogP contribution < -0.4 is 14.3 Å². The molecule has 306 valence electrons. The molecule has 0 amide bonds. The van der Waals surface area contributed by atoms with Crippen molar-refractivity contribution >= 4 is 51.9 Å². The Bertz CT molecular complexity index is 3240. The summed E-state index contributed by atoms with van der Waals surface area (Å²) in [4.78, 5) is 0. The normalized spacial score (nSPS) is 16.2. The number of hydrogen-bond donors (Lipinski definition) is 0. The summed E-state index contributed by atoms with van der Waals surface area (Å²) in [5.74, 6) is 1.79. The van der Waals surface area contributed by atoms with E-state index in [2.05, 4.69) is 207 Å². The molecule has 9 aromatic rings. The second kappa shape index (κ2) is 14.4. The average molecular weight is 826 g/mol. The van der Waals surface area contributed by atoms with Gasteiger partial charge in [0.2, 0.25) is 11.7 Å². The Balaban J connectivity index is 1.32. The van der Waals surface area contributed by atoms with Crippen molar-refractivity contribution in [1.82, 2.24) is 4.57 Å². The van der Waals surface area contributed by atoms with Crippen LogP contribution in [0.3, 0.4) is 0 Å². The van der Waals surface area contributed by atoms with E-state index in [4.69, 9.17) is 11.0 Å². The SMILES string of the molecule is C=C1C2C(CCc3ccc4c(oc5ccccc54)c3-c3n1c1ccccc1[n+]3-c1c(C(C)C)cc(-c3ccccc3)cc1C(C)C)c1ccccc1-c1ccc([Si](C)(C)C)c[n+]12. The maximum atomic E-state index is 7.13. The number of furan rings is 1. The first-order valence-electron chi connectivity index (χ1n) is 22.6. The highest BCUT2D eigenvalue weighted by molar-refractivity contribution is 6.88. The van der Waals surface area contributed by atoms with Gasteiger partial charge in [-0.05, 0) is 89.9 Å². The van der Waals surface area contributed by atoms with E-state index in [1.54, 1.807) is 0 Å². The molecule has 11 rings (SSSR count). The summed E-state index contributed by atoms with van der Waals surface area (Å²) in [6.45, 7) is 22.1. The summed E-state index contributed by atoms with van der Waals surface area (Å²) < 4.78 is 14.9. The molecule has 5 heteroatoms. The Labute approximate surface area is 366 Å². The highest BCUT2D eigenvalue weighted by Gasteiger charge is 2.48. The van der Waals surface area contributed by atoms with Crippen LogP contribution in [-0.4, -0.2) is 12.6 Å². The summed E-state index contributed by atoms with van der Waals surface area (Å²) in [5.41, 5.74) is 18.1. The zero-order valence-corrected chi connectivity index (χ0v) is 38.0. The Hall–Kier alpha value is -6.30. The van der Waals surface area contributed by atoms with Crippen LogP contribution in [0.5, 0.6) is 0 Å². The second-order valence-electron chi connectivity index (χ2n) is 19.4. The van der Waals surface area contributed by atoms with Crippen molar-refractivity contribution in [3.63, 3.8) is 0 Å². The minimum atomic E-state index is -1.69. The molecule has 0 fully saturated rings. The van der Waals surface area contributed by atoms with Crippen LogP contribution >= 0.6 is 0 Å². The number of imidazole rings is 1. The summed E-state index contributed by atoms with van der Waals surface area (Å²) in [6, 6.07) is 52.0. The van der Waals surface area contributed by atoms with E-state index in [1.807, 2.05) is 0 Å². The quantitative estimate of drug-likeness (QED) is 0.125. The lowest BCUT2D eigenvalue weighted by Gasteiger charge is -2.31. The Kier molecular flexibility index (Phi) is 8.96. The molecule has 62 heavy (non-hydrogen) atoms. The molecule has 2 aliphatic heterocycles. The number of benzene rings is 6. The molecule has 0 saturated carbocycles. The smallest absolute Gasteiger partial charge is 0.304 e. The van der Waals surface area contributed by atoms with E-state index < -0.39 is 8.07 Å². The lowest BCUT2D eigenvalue weighted by Crippen LogP contribution is -2.53. The minimum absolute atomic E-state index is 0.0331. The van der Waals surface area contributed by atoms with Crippen molar-refractivity contribution in [2.24, 2.45) is 0 Å². The summed E-state index contributed by atoms with van der Waals surface area (Å²) in [6.07, 6.45) is 4.35. The Morgan fingerprint density at radius 2 is 1.40 bits per heavy atom. The number of aromatic nitrogens is 3. The van der Waals surface area contributed by atoms with Gasteiger partial charge in [-0.2, -0.15) is 13.7 Å². The number of allylic oxidation sites excluding steroid dienone is 1. The average Bonchev–Trinajstić information content (AvgIpc) is 3.83. The molecule has 0 radical (unpaired) electrons. The molecule has 0 saturated heterocycles. The van der Waals surface area contributed by atoms with Gasteiger partial charge in [-0.3, -0.25) is 0 Å². The molecule has 0 aliphatic carbocycles. The minimum Gasteiger partial charge on any atom is -0.455 e. The molecule has 2 atom stereocenters. The van der Waals surface area contributed by atoms with Gasteiger partial charge in [0.15, 0.2) is 28.5 Å². The van der Waals surface area contributed by atoms with Gasteiger partial charge >= 0.3 is 5.82 Å². The van der Waals surface area contributed by atoms with Crippen LogP contribution in [0.25, 0.3) is 78.1 Å². The molecule has 0 bridgehead atoms. The van der Waals surface area contributed by atoms with Gasteiger partial charge in [0, 0.05) is 38.7 Å². The zero-order valence-electron chi connectivity index (χ0n) is 37.0. The van der Waals surface area contributed by atoms with Crippen molar-refractivity contribution in [2.75, 3.05) is 0 Å².